The minimum Gasteiger partial charge on any atom is -0.358 e. The zero-order valence-corrected chi connectivity index (χ0v) is 19.7. The molecule has 3 heterocycles. The average molecular weight is 465 g/mol. The lowest BCUT2D eigenvalue weighted by atomic mass is 10.0. The van der Waals surface area contributed by atoms with Crippen LogP contribution in [0.3, 0.4) is 0 Å². The number of hydrogen-bond acceptors (Lipinski definition) is 6. The smallest absolute Gasteiger partial charge is 0.244 e. The van der Waals surface area contributed by atoms with E-state index in [1.165, 1.54) is 5.56 Å². The fraction of sp³-hybridized carbons (Fsp3) is 0.400. The van der Waals surface area contributed by atoms with Gasteiger partial charge in [-0.05, 0) is 35.7 Å². The van der Waals surface area contributed by atoms with Crippen LogP contribution < -0.4 is 10.6 Å². The lowest BCUT2D eigenvalue weighted by Gasteiger charge is -2.42. The first-order chi connectivity index (χ1) is 16.0. The van der Waals surface area contributed by atoms with Gasteiger partial charge in [0.25, 0.3) is 0 Å². The molecule has 3 aromatic rings. The number of nitrogens with zero attached hydrogens (tertiary/aromatic N) is 4. The Labute approximate surface area is 199 Å². The van der Waals surface area contributed by atoms with E-state index in [2.05, 4.69) is 46.4 Å². The van der Waals surface area contributed by atoms with Gasteiger partial charge in [-0.2, -0.15) is 0 Å². The molecule has 0 aliphatic carbocycles. The van der Waals surface area contributed by atoms with Crippen molar-refractivity contribution in [3.8, 4) is 0 Å². The van der Waals surface area contributed by atoms with Crippen molar-refractivity contribution >= 4 is 34.2 Å². The van der Waals surface area contributed by atoms with Crippen LogP contribution >= 0.6 is 11.6 Å². The zero-order chi connectivity index (χ0) is 22.9. The Hall–Kier alpha value is -2.74. The quantitative estimate of drug-likeness (QED) is 0.618. The molecule has 0 spiro atoms. The third kappa shape index (κ3) is 4.81. The van der Waals surface area contributed by atoms with Gasteiger partial charge in [-0.1, -0.05) is 49.7 Å². The van der Waals surface area contributed by atoms with E-state index in [-0.39, 0.29) is 24.0 Å². The summed E-state index contributed by atoms with van der Waals surface area (Å²) in [5, 5.41) is 8.41. The number of carbonyl (C=O) groups excluding carboxylic acids is 1. The standard InChI is InChI=1S/C25H29ClN6O/c1-16(2)23-25(33)29-22-15-31(13-17-7-9-18(26)10-8-17)11-12-32(22)14-21-27-20-6-4-3-5-19(20)24(28-21)30-23/h3-10,16,22-23H,11-15H2,1-2H3,(H,29,33)(H,27,28,30)/t22?,23-/m0/s1. The Bertz CT molecular complexity index is 1150. The summed E-state index contributed by atoms with van der Waals surface area (Å²) in [6.07, 6.45) is -0.113. The lowest BCUT2D eigenvalue weighted by Crippen LogP contribution is -2.62. The van der Waals surface area contributed by atoms with Crippen molar-refractivity contribution in [3.63, 3.8) is 0 Å². The topological polar surface area (TPSA) is 73.4 Å². The van der Waals surface area contributed by atoms with Crippen molar-refractivity contribution < 1.29 is 4.79 Å². The van der Waals surface area contributed by atoms with Crippen LogP contribution in [0.1, 0.15) is 25.2 Å². The molecule has 2 N–H and O–H groups in total. The first-order valence-corrected chi connectivity index (χ1v) is 11.9. The van der Waals surface area contributed by atoms with Crippen molar-refractivity contribution in [3.05, 3.63) is 64.9 Å². The summed E-state index contributed by atoms with van der Waals surface area (Å²) >= 11 is 6.04. The highest BCUT2D eigenvalue weighted by Crippen LogP contribution is 2.25. The number of hydrogen-bond donors (Lipinski definition) is 2. The molecule has 1 amide bonds. The van der Waals surface area contributed by atoms with Crippen molar-refractivity contribution in [2.75, 3.05) is 25.0 Å². The molecule has 1 fully saturated rings. The molecule has 0 saturated carbocycles. The van der Waals surface area contributed by atoms with E-state index in [4.69, 9.17) is 21.6 Å². The van der Waals surface area contributed by atoms with Crippen LogP contribution in [-0.4, -0.2) is 57.5 Å². The van der Waals surface area contributed by atoms with Crippen LogP contribution in [0.5, 0.6) is 0 Å². The second kappa shape index (κ2) is 9.25. The maximum Gasteiger partial charge on any atom is 0.244 e. The molecule has 2 bridgehead atoms. The highest BCUT2D eigenvalue weighted by atomic mass is 35.5. The van der Waals surface area contributed by atoms with E-state index in [0.29, 0.717) is 6.54 Å². The largest absolute Gasteiger partial charge is 0.358 e. The van der Waals surface area contributed by atoms with Crippen LogP contribution in [0, 0.1) is 5.92 Å². The Morgan fingerprint density at radius 3 is 2.64 bits per heavy atom. The lowest BCUT2D eigenvalue weighted by molar-refractivity contribution is -0.125. The van der Waals surface area contributed by atoms with Crippen LogP contribution in [0.2, 0.25) is 5.02 Å². The van der Waals surface area contributed by atoms with E-state index in [1.54, 1.807) is 0 Å². The molecule has 2 aromatic carbocycles. The summed E-state index contributed by atoms with van der Waals surface area (Å²) in [6.45, 7) is 7.98. The molecular weight excluding hydrogens is 436 g/mol. The predicted octanol–water partition coefficient (Wildman–Crippen LogP) is 3.49. The SMILES string of the molecule is CC(C)[C@@H]1Nc2nc(nc3ccccc23)CN2CCN(Cc3ccc(Cl)cc3)CC2NC1=O. The van der Waals surface area contributed by atoms with Gasteiger partial charge in [-0.15, -0.1) is 0 Å². The number of amides is 1. The number of fused-ring (bicyclic) bond motifs is 5. The molecule has 1 unspecified atom stereocenters. The van der Waals surface area contributed by atoms with Gasteiger partial charge >= 0.3 is 0 Å². The van der Waals surface area contributed by atoms with E-state index in [9.17, 15) is 4.79 Å². The van der Waals surface area contributed by atoms with Crippen molar-refractivity contribution in [1.82, 2.24) is 25.1 Å². The number of anilines is 1. The van der Waals surface area contributed by atoms with Gasteiger partial charge in [0.15, 0.2) is 0 Å². The van der Waals surface area contributed by atoms with Crippen LogP contribution in [0.15, 0.2) is 48.5 Å². The van der Waals surface area contributed by atoms with Gasteiger partial charge in [0.2, 0.25) is 5.91 Å². The number of rotatable bonds is 3. The third-order valence-electron chi connectivity index (χ3n) is 6.44. The predicted molar refractivity (Wildman–Crippen MR) is 131 cm³/mol. The van der Waals surface area contributed by atoms with E-state index in [0.717, 1.165) is 53.7 Å². The summed E-state index contributed by atoms with van der Waals surface area (Å²) in [6, 6.07) is 15.5. The number of aromatic nitrogens is 2. The second-order valence-electron chi connectivity index (χ2n) is 9.23. The Balaban J connectivity index is 1.44. The molecule has 1 aromatic heterocycles. The molecule has 2 aliphatic rings. The summed E-state index contributed by atoms with van der Waals surface area (Å²) in [7, 11) is 0. The highest BCUT2D eigenvalue weighted by molar-refractivity contribution is 6.30. The van der Waals surface area contributed by atoms with E-state index >= 15 is 0 Å². The van der Waals surface area contributed by atoms with Crippen LogP contribution in [-0.2, 0) is 17.9 Å². The summed E-state index contributed by atoms with van der Waals surface area (Å²) < 4.78 is 0. The van der Waals surface area contributed by atoms with Gasteiger partial charge in [0.05, 0.1) is 18.2 Å². The Morgan fingerprint density at radius 2 is 1.85 bits per heavy atom. The minimum atomic E-state index is -0.386. The summed E-state index contributed by atoms with van der Waals surface area (Å²) in [5.41, 5.74) is 2.11. The minimum absolute atomic E-state index is 0.000476. The maximum absolute atomic E-state index is 13.4. The van der Waals surface area contributed by atoms with E-state index in [1.807, 2.05) is 36.4 Å². The van der Waals surface area contributed by atoms with Gasteiger partial charge in [0.1, 0.15) is 17.7 Å². The van der Waals surface area contributed by atoms with Gasteiger partial charge in [-0.3, -0.25) is 14.6 Å². The molecule has 2 atom stereocenters. The number of nitrogens with one attached hydrogen (secondary N) is 2. The van der Waals surface area contributed by atoms with E-state index < -0.39 is 0 Å². The van der Waals surface area contributed by atoms with Crippen molar-refractivity contribution in [1.29, 1.82) is 0 Å². The van der Waals surface area contributed by atoms with Gasteiger partial charge < -0.3 is 10.6 Å². The Morgan fingerprint density at radius 1 is 1.06 bits per heavy atom. The molecule has 5 rings (SSSR count). The number of piperazine rings is 1. The van der Waals surface area contributed by atoms with Gasteiger partial charge in [-0.25, -0.2) is 9.97 Å². The highest BCUT2D eigenvalue weighted by Gasteiger charge is 2.33. The molecule has 2 aliphatic heterocycles. The molecule has 1 saturated heterocycles. The van der Waals surface area contributed by atoms with Crippen molar-refractivity contribution in [2.45, 2.75) is 39.1 Å². The van der Waals surface area contributed by atoms with Crippen LogP contribution in [0.25, 0.3) is 10.9 Å². The molecular formula is C25H29ClN6O. The molecule has 33 heavy (non-hydrogen) atoms. The normalized spacial score (nSPS) is 22.0. The third-order valence-corrected chi connectivity index (χ3v) is 6.69. The fourth-order valence-corrected chi connectivity index (χ4v) is 4.74. The second-order valence-corrected chi connectivity index (χ2v) is 9.66. The molecule has 7 nitrogen and oxygen atoms in total. The first-order valence-electron chi connectivity index (χ1n) is 11.5. The Kier molecular flexibility index (Phi) is 6.19. The summed E-state index contributed by atoms with van der Waals surface area (Å²) in [4.78, 5) is 27.7. The number of halogens is 1. The zero-order valence-electron chi connectivity index (χ0n) is 19.0. The molecule has 8 heteroatoms. The average Bonchev–Trinajstić information content (AvgIpc) is 2.80. The van der Waals surface area contributed by atoms with Gasteiger partial charge in [0, 0.05) is 36.6 Å². The van der Waals surface area contributed by atoms with Crippen LogP contribution in [0.4, 0.5) is 5.82 Å². The molecule has 0 radical (unpaired) electrons. The first kappa shape index (κ1) is 22.1. The molecule has 172 valence electrons. The maximum atomic E-state index is 13.4. The van der Waals surface area contributed by atoms with Crippen molar-refractivity contribution in [2.24, 2.45) is 5.92 Å². The number of para-hydroxylation sites is 1. The number of benzene rings is 2. The summed E-state index contributed by atoms with van der Waals surface area (Å²) in [5.74, 6) is 1.60. The monoisotopic (exact) mass is 464 g/mol. The number of carbonyl (C=O) groups is 1. The fourth-order valence-electron chi connectivity index (χ4n) is 4.62.